The first-order chi connectivity index (χ1) is 15.5. The molecule has 0 saturated carbocycles. The van der Waals surface area contributed by atoms with E-state index in [0.29, 0.717) is 27.9 Å². The van der Waals surface area contributed by atoms with Crippen LogP contribution < -0.4 is 10.6 Å². The van der Waals surface area contributed by atoms with Crippen LogP contribution in [0.1, 0.15) is 53.5 Å². The van der Waals surface area contributed by atoms with E-state index >= 15 is 0 Å². The first-order valence-electron chi connectivity index (χ1n) is 10.4. The van der Waals surface area contributed by atoms with Crippen LogP contribution in [-0.2, 0) is 4.79 Å². The van der Waals surface area contributed by atoms with Gasteiger partial charge < -0.3 is 15.6 Å². The third kappa shape index (κ3) is 6.79. The number of aromatic nitrogens is 3. The lowest BCUT2D eigenvalue weighted by atomic mass is 9.99. The summed E-state index contributed by atoms with van der Waals surface area (Å²) in [6.07, 6.45) is 7.33. The molecule has 1 aromatic carbocycles. The predicted molar refractivity (Wildman–Crippen MR) is 128 cm³/mol. The van der Waals surface area contributed by atoms with Gasteiger partial charge in [0.25, 0.3) is 5.91 Å². The molecule has 32 heavy (non-hydrogen) atoms. The zero-order valence-electron chi connectivity index (χ0n) is 17.7. The molecule has 170 valence electrons. The summed E-state index contributed by atoms with van der Waals surface area (Å²) in [5, 5.41) is 6.60. The topological polar surface area (TPSA) is 99.8 Å². The highest BCUT2D eigenvalue weighted by atomic mass is 35.5. The van der Waals surface area contributed by atoms with Crippen LogP contribution in [0.2, 0.25) is 10.0 Å². The SMILES string of the molecule is CNC(=O)CCCCCC(CNC(=O)c1cncs1)c1ncc(-c2ccc(Cl)c(Cl)c2)[nH]1. The van der Waals surface area contributed by atoms with Gasteiger partial charge in [-0.15, -0.1) is 11.3 Å². The monoisotopic (exact) mass is 493 g/mol. The quantitative estimate of drug-likeness (QED) is 0.325. The highest BCUT2D eigenvalue weighted by molar-refractivity contribution is 7.11. The van der Waals surface area contributed by atoms with Crippen LogP contribution in [0, 0.1) is 0 Å². The van der Waals surface area contributed by atoms with E-state index in [9.17, 15) is 9.59 Å². The van der Waals surface area contributed by atoms with Crippen molar-refractivity contribution in [1.29, 1.82) is 0 Å². The summed E-state index contributed by atoms with van der Waals surface area (Å²) in [7, 11) is 1.65. The summed E-state index contributed by atoms with van der Waals surface area (Å²) in [6.45, 7) is 0.445. The molecule has 2 heterocycles. The summed E-state index contributed by atoms with van der Waals surface area (Å²) in [5.74, 6) is 0.703. The maximum Gasteiger partial charge on any atom is 0.263 e. The number of hydrogen-bond acceptors (Lipinski definition) is 5. The molecule has 0 fully saturated rings. The zero-order valence-corrected chi connectivity index (χ0v) is 20.0. The Labute approximate surface area is 201 Å². The molecule has 2 aromatic heterocycles. The highest BCUT2D eigenvalue weighted by Gasteiger charge is 2.18. The number of unbranched alkanes of at least 4 members (excludes halogenated alkanes) is 2. The Morgan fingerprint density at radius 2 is 2.00 bits per heavy atom. The molecule has 1 unspecified atom stereocenters. The van der Waals surface area contributed by atoms with E-state index in [2.05, 4.69) is 25.6 Å². The van der Waals surface area contributed by atoms with Crippen molar-refractivity contribution in [2.75, 3.05) is 13.6 Å². The van der Waals surface area contributed by atoms with Crippen LogP contribution in [0.4, 0.5) is 0 Å². The minimum atomic E-state index is -0.145. The first-order valence-corrected chi connectivity index (χ1v) is 12.0. The van der Waals surface area contributed by atoms with Crippen molar-refractivity contribution in [2.45, 2.75) is 38.0 Å². The molecular formula is C22H25Cl2N5O2S. The van der Waals surface area contributed by atoms with Crippen LogP contribution in [0.5, 0.6) is 0 Å². The van der Waals surface area contributed by atoms with Gasteiger partial charge in [0.15, 0.2) is 0 Å². The standard InChI is InChI=1S/C22H25Cl2N5O2S/c1-25-20(30)6-4-2-3-5-15(10-28-22(31)19-12-26-13-32-19)21-27-11-18(29-21)14-7-8-16(23)17(24)9-14/h7-9,11-13,15H,2-6,10H2,1H3,(H,25,30)(H,27,29)(H,28,31). The first kappa shape index (κ1) is 24.2. The van der Waals surface area contributed by atoms with Crippen LogP contribution in [0.3, 0.4) is 0 Å². The molecule has 2 amide bonds. The normalized spacial score (nSPS) is 11.8. The van der Waals surface area contributed by atoms with Crippen LogP contribution in [0.25, 0.3) is 11.3 Å². The number of hydrogen-bond donors (Lipinski definition) is 3. The number of rotatable bonds is 11. The van der Waals surface area contributed by atoms with E-state index in [4.69, 9.17) is 23.2 Å². The number of carbonyl (C=O) groups is 2. The van der Waals surface area contributed by atoms with Gasteiger partial charge in [0.1, 0.15) is 10.7 Å². The number of nitrogens with one attached hydrogen (secondary N) is 3. The Morgan fingerprint density at radius 3 is 2.72 bits per heavy atom. The number of imidazole rings is 1. The lowest BCUT2D eigenvalue weighted by molar-refractivity contribution is -0.120. The van der Waals surface area contributed by atoms with Crippen LogP contribution >= 0.6 is 34.5 Å². The minimum absolute atomic E-state index is 0.00314. The summed E-state index contributed by atoms with van der Waals surface area (Å²) >= 11 is 13.5. The zero-order chi connectivity index (χ0) is 22.9. The molecule has 1 atom stereocenters. The minimum Gasteiger partial charge on any atom is -0.359 e. The summed E-state index contributed by atoms with van der Waals surface area (Å²) in [5.41, 5.74) is 3.35. The van der Waals surface area contributed by atoms with E-state index in [1.165, 1.54) is 11.3 Å². The average Bonchev–Trinajstić information content (AvgIpc) is 3.49. The molecule has 0 aliphatic carbocycles. The average molecular weight is 494 g/mol. The fourth-order valence-electron chi connectivity index (χ4n) is 3.30. The second-order valence-corrected chi connectivity index (χ2v) is 9.06. The molecular weight excluding hydrogens is 469 g/mol. The third-order valence-corrected chi connectivity index (χ3v) is 6.62. The molecule has 10 heteroatoms. The van der Waals surface area contributed by atoms with Gasteiger partial charge in [-0.25, -0.2) is 4.98 Å². The van der Waals surface area contributed by atoms with Gasteiger partial charge >= 0.3 is 0 Å². The summed E-state index contributed by atoms with van der Waals surface area (Å²) in [6, 6.07) is 5.42. The molecule has 3 aromatic rings. The van der Waals surface area contributed by atoms with Crippen molar-refractivity contribution in [3.8, 4) is 11.3 Å². The summed E-state index contributed by atoms with van der Waals surface area (Å²) in [4.78, 5) is 36.3. The molecule has 0 bridgehead atoms. The maximum absolute atomic E-state index is 12.4. The number of benzene rings is 1. The van der Waals surface area contributed by atoms with Gasteiger partial charge in [-0.05, 0) is 25.0 Å². The van der Waals surface area contributed by atoms with Gasteiger partial charge in [0, 0.05) is 31.5 Å². The highest BCUT2D eigenvalue weighted by Crippen LogP contribution is 2.29. The Kier molecular flexibility index (Phi) is 9.08. The molecule has 0 aliphatic heterocycles. The van der Waals surface area contributed by atoms with E-state index < -0.39 is 0 Å². The van der Waals surface area contributed by atoms with Gasteiger partial charge in [0.05, 0.1) is 33.6 Å². The van der Waals surface area contributed by atoms with Crippen molar-refractivity contribution in [3.63, 3.8) is 0 Å². The third-order valence-electron chi connectivity index (χ3n) is 5.11. The molecule has 7 nitrogen and oxygen atoms in total. The van der Waals surface area contributed by atoms with Crippen molar-refractivity contribution < 1.29 is 9.59 Å². The number of amides is 2. The Bertz CT molecular complexity index is 1040. The fraction of sp³-hybridized carbons (Fsp3) is 0.364. The summed E-state index contributed by atoms with van der Waals surface area (Å²) < 4.78 is 0. The van der Waals surface area contributed by atoms with Crippen molar-refractivity contribution in [3.05, 3.63) is 56.9 Å². The molecule has 0 spiro atoms. The van der Waals surface area contributed by atoms with Gasteiger partial charge in [0.2, 0.25) is 5.91 Å². The fourth-order valence-corrected chi connectivity index (χ4v) is 4.13. The molecule has 0 radical (unpaired) electrons. The molecule has 0 aliphatic rings. The van der Waals surface area contributed by atoms with Crippen molar-refractivity contribution in [2.24, 2.45) is 0 Å². The second-order valence-electron chi connectivity index (χ2n) is 7.36. The van der Waals surface area contributed by atoms with Gasteiger partial charge in [-0.2, -0.15) is 0 Å². The number of aromatic amines is 1. The number of halogens is 2. The van der Waals surface area contributed by atoms with E-state index in [1.54, 1.807) is 37.1 Å². The smallest absolute Gasteiger partial charge is 0.263 e. The molecule has 3 rings (SSSR count). The molecule has 0 saturated heterocycles. The van der Waals surface area contributed by atoms with E-state index in [1.807, 2.05) is 6.07 Å². The second kappa shape index (κ2) is 12.0. The van der Waals surface area contributed by atoms with Gasteiger partial charge in [-0.1, -0.05) is 42.1 Å². The maximum atomic E-state index is 12.4. The molecule has 3 N–H and O–H groups in total. The number of thiazole rings is 1. The van der Waals surface area contributed by atoms with Crippen molar-refractivity contribution >= 4 is 46.4 Å². The number of nitrogens with zero attached hydrogens (tertiary/aromatic N) is 2. The van der Waals surface area contributed by atoms with Crippen molar-refractivity contribution in [1.82, 2.24) is 25.6 Å². The van der Waals surface area contributed by atoms with E-state index in [0.717, 1.165) is 42.8 Å². The largest absolute Gasteiger partial charge is 0.359 e. The number of H-pyrrole nitrogens is 1. The van der Waals surface area contributed by atoms with Gasteiger partial charge in [-0.3, -0.25) is 14.6 Å². The number of carbonyl (C=O) groups excluding carboxylic acids is 2. The van der Waals surface area contributed by atoms with Crippen LogP contribution in [-0.4, -0.2) is 40.4 Å². The lowest BCUT2D eigenvalue weighted by Gasteiger charge is -2.15. The van der Waals surface area contributed by atoms with Crippen LogP contribution in [0.15, 0.2) is 36.1 Å². The Morgan fingerprint density at radius 1 is 1.16 bits per heavy atom. The predicted octanol–water partition coefficient (Wildman–Crippen LogP) is 5.05. The Hall–Kier alpha value is -2.42. The van der Waals surface area contributed by atoms with E-state index in [-0.39, 0.29) is 17.7 Å². The Balaban J connectivity index is 1.66. The lowest BCUT2D eigenvalue weighted by Crippen LogP contribution is -2.28.